The molecule has 154 valence electrons. The molecule has 0 saturated carbocycles. The molecule has 2 amide bonds. The lowest BCUT2D eigenvalue weighted by molar-refractivity contribution is -0.136. The summed E-state index contributed by atoms with van der Waals surface area (Å²) in [7, 11) is 0. The highest BCUT2D eigenvalue weighted by Gasteiger charge is 2.30. The Bertz CT molecular complexity index is 838. The molecule has 0 bridgehead atoms. The van der Waals surface area contributed by atoms with Crippen LogP contribution in [0.4, 0.5) is 0 Å². The average molecular weight is 395 g/mol. The van der Waals surface area contributed by atoms with Crippen LogP contribution in [-0.2, 0) is 11.2 Å². The van der Waals surface area contributed by atoms with Crippen LogP contribution in [0.1, 0.15) is 48.2 Å². The topological polar surface area (TPSA) is 60.9 Å². The molecule has 1 N–H and O–H groups in total. The van der Waals surface area contributed by atoms with Crippen LogP contribution in [0.2, 0.25) is 0 Å². The summed E-state index contributed by atoms with van der Waals surface area (Å²) in [6.07, 6.45) is 2.05. The predicted molar refractivity (Wildman–Crippen MR) is 114 cm³/mol. The highest BCUT2D eigenvalue weighted by atomic mass is 16.3. The van der Waals surface area contributed by atoms with E-state index in [9.17, 15) is 14.7 Å². The van der Waals surface area contributed by atoms with Gasteiger partial charge in [-0.05, 0) is 56.4 Å². The highest BCUT2D eigenvalue weighted by molar-refractivity contribution is 5.97. The van der Waals surface area contributed by atoms with Crippen LogP contribution in [0, 0.1) is 5.92 Å². The Morgan fingerprint density at radius 2 is 1.66 bits per heavy atom. The normalized spacial score (nSPS) is 14.6. The Hall–Kier alpha value is -2.82. The number of hydrogen-bond donors (Lipinski definition) is 1. The summed E-state index contributed by atoms with van der Waals surface area (Å²) in [4.78, 5) is 29.2. The number of carbonyl (C=O) groups excluding carboxylic acids is 2. The molecule has 0 aromatic heterocycles. The van der Waals surface area contributed by atoms with E-state index in [1.807, 2.05) is 55.1 Å². The van der Waals surface area contributed by atoms with Gasteiger partial charge in [0.25, 0.3) is 5.91 Å². The van der Waals surface area contributed by atoms with Gasteiger partial charge in [0.2, 0.25) is 5.91 Å². The van der Waals surface area contributed by atoms with Gasteiger partial charge in [0.05, 0.1) is 5.56 Å². The Labute approximate surface area is 172 Å². The monoisotopic (exact) mass is 394 g/mol. The van der Waals surface area contributed by atoms with Crippen molar-refractivity contribution in [1.29, 1.82) is 0 Å². The molecule has 0 atom stereocenters. The van der Waals surface area contributed by atoms with E-state index in [2.05, 4.69) is 0 Å². The van der Waals surface area contributed by atoms with E-state index in [1.54, 1.807) is 17.0 Å². The first-order valence-electron chi connectivity index (χ1n) is 10.5. The van der Waals surface area contributed by atoms with Gasteiger partial charge in [-0.3, -0.25) is 9.59 Å². The van der Waals surface area contributed by atoms with Gasteiger partial charge in [0.1, 0.15) is 5.75 Å². The van der Waals surface area contributed by atoms with Crippen LogP contribution in [0.15, 0.2) is 48.5 Å². The van der Waals surface area contributed by atoms with Gasteiger partial charge in [0.15, 0.2) is 0 Å². The van der Waals surface area contributed by atoms with Gasteiger partial charge in [-0.1, -0.05) is 36.4 Å². The zero-order chi connectivity index (χ0) is 20.8. The first-order chi connectivity index (χ1) is 14.0. The summed E-state index contributed by atoms with van der Waals surface area (Å²) in [5.74, 6) is 0.0195. The van der Waals surface area contributed by atoms with Crippen molar-refractivity contribution in [2.75, 3.05) is 26.2 Å². The van der Waals surface area contributed by atoms with Crippen molar-refractivity contribution in [3.63, 3.8) is 0 Å². The molecule has 5 nitrogen and oxygen atoms in total. The number of rotatable bonds is 6. The number of aromatic hydroxyl groups is 1. The number of likely N-dealkylation sites (tertiary alicyclic amines) is 1. The lowest BCUT2D eigenvalue weighted by atomic mass is 9.94. The highest BCUT2D eigenvalue weighted by Crippen LogP contribution is 2.26. The third-order valence-corrected chi connectivity index (χ3v) is 5.75. The van der Waals surface area contributed by atoms with Gasteiger partial charge in [-0.2, -0.15) is 0 Å². The maximum atomic E-state index is 13.0. The van der Waals surface area contributed by atoms with E-state index in [0.29, 0.717) is 37.9 Å². The second kappa shape index (κ2) is 9.59. The van der Waals surface area contributed by atoms with Crippen molar-refractivity contribution in [3.05, 3.63) is 65.2 Å². The van der Waals surface area contributed by atoms with Gasteiger partial charge in [-0.15, -0.1) is 0 Å². The summed E-state index contributed by atoms with van der Waals surface area (Å²) in [5.41, 5.74) is 2.49. The summed E-state index contributed by atoms with van der Waals surface area (Å²) in [6.45, 7) is 6.50. The second-order valence-corrected chi connectivity index (χ2v) is 7.59. The van der Waals surface area contributed by atoms with E-state index in [4.69, 9.17) is 0 Å². The third-order valence-electron chi connectivity index (χ3n) is 5.75. The first kappa shape index (κ1) is 20.9. The van der Waals surface area contributed by atoms with Crippen molar-refractivity contribution >= 4 is 11.8 Å². The fourth-order valence-corrected chi connectivity index (χ4v) is 3.99. The average Bonchev–Trinajstić information content (AvgIpc) is 2.76. The number of hydrogen-bond acceptors (Lipinski definition) is 3. The first-order valence-corrected chi connectivity index (χ1v) is 10.5. The fourth-order valence-electron chi connectivity index (χ4n) is 3.99. The van der Waals surface area contributed by atoms with Gasteiger partial charge < -0.3 is 14.9 Å². The summed E-state index contributed by atoms with van der Waals surface area (Å²) in [6, 6.07) is 15.3. The molecule has 5 heteroatoms. The zero-order valence-electron chi connectivity index (χ0n) is 17.3. The van der Waals surface area contributed by atoms with Crippen LogP contribution < -0.4 is 0 Å². The number of benzene rings is 2. The van der Waals surface area contributed by atoms with E-state index < -0.39 is 0 Å². The number of phenols is 1. The molecule has 3 rings (SSSR count). The maximum absolute atomic E-state index is 13.0. The van der Waals surface area contributed by atoms with E-state index in [-0.39, 0.29) is 23.5 Å². The molecule has 1 saturated heterocycles. The Balaban J connectivity index is 1.66. The zero-order valence-corrected chi connectivity index (χ0v) is 17.3. The molecular weight excluding hydrogens is 364 g/mol. The minimum atomic E-state index is -0.161. The minimum Gasteiger partial charge on any atom is -0.507 e. The third kappa shape index (κ3) is 4.97. The van der Waals surface area contributed by atoms with Crippen LogP contribution in [-0.4, -0.2) is 52.9 Å². The molecule has 0 unspecified atom stereocenters. The number of carbonyl (C=O) groups is 2. The second-order valence-electron chi connectivity index (χ2n) is 7.59. The Kier molecular flexibility index (Phi) is 6.91. The van der Waals surface area contributed by atoms with Crippen molar-refractivity contribution in [1.82, 2.24) is 9.80 Å². The molecule has 2 aromatic rings. The van der Waals surface area contributed by atoms with Crippen molar-refractivity contribution < 1.29 is 14.7 Å². The SMILES string of the molecule is CCN(CC)C(=O)C1CCN(C(=O)c2cc(Cc3ccccc3)ccc2O)CC1. The number of amides is 2. The van der Waals surface area contributed by atoms with Gasteiger partial charge >= 0.3 is 0 Å². The molecule has 0 spiro atoms. The van der Waals surface area contributed by atoms with Crippen molar-refractivity contribution in [2.45, 2.75) is 33.1 Å². The van der Waals surface area contributed by atoms with Crippen LogP contribution in [0.25, 0.3) is 0 Å². The molecule has 0 aliphatic carbocycles. The molecule has 1 aliphatic rings. The van der Waals surface area contributed by atoms with Crippen molar-refractivity contribution in [3.8, 4) is 5.75 Å². The van der Waals surface area contributed by atoms with Crippen LogP contribution in [0.3, 0.4) is 0 Å². The smallest absolute Gasteiger partial charge is 0.257 e. The number of nitrogens with zero attached hydrogens (tertiary/aromatic N) is 2. The maximum Gasteiger partial charge on any atom is 0.257 e. The molecule has 0 radical (unpaired) electrons. The standard InChI is InChI=1S/C24H30N2O3/c1-3-25(4-2)23(28)20-12-14-26(15-13-20)24(29)21-17-19(10-11-22(21)27)16-18-8-6-5-7-9-18/h5-11,17,20,27H,3-4,12-16H2,1-2H3. The predicted octanol–water partition coefficient (Wildman–Crippen LogP) is 3.70. The molecule has 1 heterocycles. The molecule has 29 heavy (non-hydrogen) atoms. The fraction of sp³-hybridized carbons (Fsp3) is 0.417. The quantitative estimate of drug-likeness (QED) is 0.813. The molecule has 1 fully saturated rings. The van der Waals surface area contributed by atoms with Crippen molar-refractivity contribution in [2.24, 2.45) is 5.92 Å². The molecular formula is C24H30N2O3. The summed E-state index contributed by atoms with van der Waals surface area (Å²) < 4.78 is 0. The number of piperidine rings is 1. The summed E-state index contributed by atoms with van der Waals surface area (Å²) >= 11 is 0. The van der Waals surface area contributed by atoms with Crippen LogP contribution in [0.5, 0.6) is 5.75 Å². The number of phenolic OH excluding ortho intramolecular Hbond substituents is 1. The lowest BCUT2D eigenvalue weighted by Gasteiger charge is -2.34. The Morgan fingerprint density at radius 1 is 1.00 bits per heavy atom. The van der Waals surface area contributed by atoms with E-state index in [1.165, 1.54) is 0 Å². The largest absolute Gasteiger partial charge is 0.507 e. The van der Waals surface area contributed by atoms with Gasteiger partial charge in [-0.25, -0.2) is 0 Å². The van der Waals surface area contributed by atoms with Gasteiger partial charge in [0, 0.05) is 32.1 Å². The molecule has 1 aliphatic heterocycles. The van der Waals surface area contributed by atoms with Crippen LogP contribution >= 0.6 is 0 Å². The minimum absolute atomic E-state index is 0.00755. The lowest BCUT2D eigenvalue weighted by Crippen LogP contribution is -2.44. The summed E-state index contributed by atoms with van der Waals surface area (Å²) in [5, 5.41) is 10.3. The molecule has 2 aromatic carbocycles. The van der Waals surface area contributed by atoms with E-state index >= 15 is 0 Å². The Morgan fingerprint density at radius 3 is 2.28 bits per heavy atom. The van der Waals surface area contributed by atoms with E-state index in [0.717, 1.165) is 24.2 Å².